The number of fused-ring (bicyclic) bond motifs is 6. The van der Waals surface area contributed by atoms with Crippen LogP contribution in [-0.2, 0) is 25.8 Å². The van der Waals surface area contributed by atoms with E-state index < -0.39 is 0 Å². The number of aryl methyl sites for hydroxylation is 2. The van der Waals surface area contributed by atoms with Crippen LogP contribution in [0, 0.1) is 13.8 Å². The zero-order chi connectivity index (χ0) is 27.1. The Morgan fingerprint density at radius 3 is 1.32 bits per heavy atom. The fraction of sp³-hybridized carbons (Fsp3) is 0.0526. The first-order chi connectivity index (χ1) is 19.6. The molecule has 8 rings (SSSR count). The molecule has 0 saturated heterocycles. The molecule has 6 aromatic carbocycles. The minimum Gasteiger partial charge on any atom is -0.295 e. The van der Waals surface area contributed by atoms with Gasteiger partial charge in [0, 0.05) is 49.6 Å². The van der Waals surface area contributed by atoms with Crippen molar-refractivity contribution in [1.29, 1.82) is 0 Å². The quantitative estimate of drug-likeness (QED) is 0.133. The van der Waals surface area contributed by atoms with E-state index in [4.69, 9.17) is 0 Å². The Morgan fingerprint density at radius 2 is 0.902 bits per heavy atom. The summed E-state index contributed by atoms with van der Waals surface area (Å²) in [5.74, 6) is 0. The average molecular weight is 691 g/mol. The summed E-state index contributed by atoms with van der Waals surface area (Å²) in [5.41, 5.74) is 6.84. The maximum Gasteiger partial charge on any atom is 0.0212 e. The molecule has 3 heteroatoms. The summed E-state index contributed by atoms with van der Waals surface area (Å²) in [6.07, 6.45) is 3.84. The van der Waals surface area contributed by atoms with E-state index in [1.807, 2.05) is 12.4 Å². The van der Waals surface area contributed by atoms with Crippen molar-refractivity contribution in [2.45, 2.75) is 13.8 Å². The largest absolute Gasteiger partial charge is 0.295 e. The van der Waals surface area contributed by atoms with E-state index in [2.05, 4.69) is 145 Å². The topological polar surface area (TPSA) is 25.8 Å². The van der Waals surface area contributed by atoms with Crippen LogP contribution in [0.25, 0.3) is 65.6 Å². The molecule has 0 bridgehead atoms. The minimum absolute atomic E-state index is 0. The molecule has 0 aliphatic rings. The van der Waals surface area contributed by atoms with Crippen LogP contribution in [0.5, 0.6) is 0 Å². The van der Waals surface area contributed by atoms with Crippen LogP contribution in [-0.4, -0.2) is 9.97 Å². The third kappa shape index (κ3) is 5.30. The van der Waals surface area contributed by atoms with E-state index in [9.17, 15) is 0 Å². The number of hydrogen-bond acceptors (Lipinski definition) is 2. The van der Waals surface area contributed by atoms with Gasteiger partial charge in [-0.3, -0.25) is 9.97 Å². The molecular weight excluding hydrogens is 663 g/mol. The van der Waals surface area contributed by atoms with Crippen LogP contribution < -0.4 is 0 Å². The standard InChI is InChI=1S/2C19H14N.Hf/c2*1-13-6-9-19(20-12-13)16-10-15-8-7-14-4-2-3-5-17(14)18(15)11-16;/h2*2-12H,1H3;/q2*-1;. The fourth-order valence-corrected chi connectivity index (χ4v) is 5.50. The number of nitrogens with zero attached hydrogens (tertiary/aromatic N) is 2. The Labute approximate surface area is 258 Å². The molecule has 0 unspecified atom stereocenters. The van der Waals surface area contributed by atoms with Crippen molar-refractivity contribution in [2.24, 2.45) is 0 Å². The molecule has 0 aliphatic heterocycles. The van der Waals surface area contributed by atoms with Gasteiger partial charge in [0.2, 0.25) is 0 Å². The van der Waals surface area contributed by atoms with Crippen molar-refractivity contribution in [2.75, 3.05) is 0 Å². The van der Waals surface area contributed by atoms with Crippen molar-refractivity contribution >= 4 is 43.1 Å². The Balaban J connectivity index is 0.000000144. The molecule has 2 heterocycles. The SMILES string of the molecule is Cc1ccc(-c2cc3c(ccc4ccccc43)[cH-]2)nc1.Cc1ccc(-c2cc3c(ccc4ccccc43)[cH-]2)nc1.[Hf]. The van der Waals surface area contributed by atoms with Crippen molar-refractivity contribution in [3.63, 3.8) is 0 Å². The summed E-state index contributed by atoms with van der Waals surface area (Å²) in [7, 11) is 0. The summed E-state index contributed by atoms with van der Waals surface area (Å²) in [5, 5.41) is 10.4. The predicted octanol–water partition coefficient (Wildman–Crippen LogP) is 10.2. The molecule has 8 aromatic rings. The summed E-state index contributed by atoms with van der Waals surface area (Å²) >= 11 is 0. The number of pyridine rings is 2. The zero-order valence-electron chi connectivity index (χ0n) is 23.1. The molecule has 0 aliphatic carbocycles. The van der Waals surface area contributed by atoms with Gasteiger partial charge in [0.25, 0.3) is 0 Å². The Hall–Kier alpha value is -4.21. The van der Waals surface area contributed by atoms with E-state index in [1.54, 1.807) is 0 Å². The van der Waals surface area contributed by atoms with Gasteiger partial charge < -0.3 is 0 Å². The van der Waals surface area contributed by atoms with Crippen LogP contribution in [0.1, 0.15) is 11.1 Å². The number of benzene rings is 4. The first kappa shape index (κ1) is 27.0. The molecule has 2 aromatic heterocycles. The smallest absolute Gasteiger partial charge is 0.0212 e. The summed E-state index contributed by atoms with van der Waals surface area (Å²) < 4.78 is 0. The first-order valence-electron chi connectivity index (χ1n) is 13.6. The summed E-state index contributed by atoms with van der Waals surface area (Å²) in [6, 6.07) is 43.1. The molecule has 0 amide bonds. The maximum absolute atomic E-state index is 4.52. The molecule has 2 nitrogen and oxygen atoms in total. The molecule has 0 saturated carbocycles. The van der Waals surface area contributed by atoms with Gasteiger partial charge in [0.15, 0.2) is 0 Å². The third-order valence-corrected chi connectivity index (χ3v) is 7.64. The van der Waals surface area contributed by atoms with Gasteiger partial charge in [-0.2, -0.15) is 0 Å². The number of aromatic nitrogens is 2. The number of hydrogen-bond donors (Lipinski definition) is 0. The van der Waals surface area contributed by atoms with Crippen LogP contribution >= 0.6 is 0 Å². The van der Waals surface area contributed by atoms with Gasteiger partial charge in [-0.05, 0) is 35.7 Å². The molecule has 0 N–H and O–H groups in total. The van der Waals surface area contributed by atoms with Crippen molar-refractivity contribution in [3.8, 4) is 22.5 Å². The minimum atomic E-state index is 0. The molecule has 196 valence electrons. The Morgan fingerprint density at radius 1 is 0.463 bits per heavy atom. The van der Waals surface area contributed by atoms with Gasteiger partial charge >= 0.3 is 0 Å². The second-order valence-corrected chi connectivity index (χ2v) is 10.5. The van der Waals surface area contributed by atoms with Gasteiger partial charge in [-0.15, -0.1) is 69.1 Å². The second kappa shape index (κ2) is 11.3. The van der Waals surface area contributed by atoms with E-state index in [0.717, 1.165) is 11.4 Å². The molecule has 0 atom stereocenters. The normalized spacial score (nSPS) is 11.0. The molecule has 0 spiro atoms. The molecule has 41 heavy (non-hydrogen) atoms. The van der Waals surface area contributed by atoms with Crippen molar-refractivity contribution in [3.05, 3.63) is 145 Å². The number of rotatable bonds is 2. The zero-order valence-corrected chi connectivity index (χ0v) is 26.7. The average Bonchev–Trinajstić information content (AvgIpc) is 3.64. The van der Waals surface area contributed by atoms with Crippen molar-refractivity contribution in [1.82, 2.24) is 9.97 Å². The predicted molar refractivity (Wildman–Crippen MR) is 170 cm³/mol. The first-order valence-corrected chi connectivity index (χ1v) is 13.6. The summed E-state index contributed by atoms with van der Waals surface area (Å²) in [6.45, 7) is 4.12. The van der Waals surface area contributed by atoms with Crippen LogP contribution in [0.2, 0.25) is 0 Å². The van der Waals surface area contributed by atoms with Gasteiger partial charge in [0.05, 0.1) is 0 Å². The van der Waals surface area contributed by atoms with Gasteiger partial charge in [0.1, 0.15) is 0 Å². The third-order valence-electron chi connectivity index (χ3n) is 7.64. The second-order valence-electron chi connectivity index (χ2n) is 10.5. The monoisotopic (exact) mass is 692 g/mol. The van der Waals surface area contributed by atoms with Crippen molar-refractivity contribution < 1.29 is 25.8 Å². The van der Waals surface area contributed by atoms with E-state index in [-0.39, 0.29) is 25.8 Å². The summed E-state index contributed by atoms with van der Waals surface area (Å²) in [4.78, 5) is 9.05. The fourth-order valence-electron chi connectivity index (χ4n) is 5.50. The maximum atomic E-state index is 4.52. The Bertz CT molecular complexity index is 1960. The molecule has 0 radical (unpaired) electrons. The van der Waals surface area contributed by atoms with Gasteiger partial charge in [-0.1, -0.05) is 95.7 Å². The van der Waals surface area contributed by atoms with Gasteiger partial charge in [-0.25, -0.2) is 0 Å². The van der Waals surface area contributed by atoms with E-state index in [1.165, 1.54) is 65.3 Å². The van der Waals surface area contributed by atoms with E-state index in [0.29, 0.717) is 0 Å². The van der Waals surface area contributed by atoms with Crippen LogP contribution in [0.15, 0.2) is 134 Å². The van der Waals surface area contributed by atoms with Crippen LogP contribution in [0.3, 0.4) is 0 Å². The molecular formula is C38H28HfN2-2. The Kier molecular flexibility index (Phi) is 7.47. The van der Waals surface area contributed by atoms with Crippen LogP contribution in [0.4, 0.5) is 0 Å². The van der Waals surface area contributed by atoms with E-state index >= 15 is 0 Å². The molecule has 0 fully saturated rings.